The minimum absolute atomic E-state index is 0.452. The van der Waals surface area contributed by atoms with Crippen LogP contribution in [0.4, 0.5) is 0 Å². The van der Waals surface area contributed by atoms with Gasteiger partial charge in [0, 0.05) is 17.6 Å². The van der Waals surface area contributed by atoms with E-state index in [1.165, 1.54) is 25.7 Å². The summed E-state index contributed by atoms with van der Waals surface area (Å²) in [5, 5.41) is 4.97. The van der Waals surface area contributed by atoms with Crippen molar-refractivity contribution in [2.45, 2.75) is 38.6 Å². The van der Waals surface area contributed by atoms with Gasteiger partial charge in [-0.25, -0.2) is 0 Å². The molecule has 5 heteroatoms. The number of halogens is 3. The minimum atomic E-state index is 0.452. The fourth-order valence-corrected chi connectivity index (χ4v) is 3.61. The second-order valence-corrected chi connectivity index (χ2v) is 6.62. The fourth-order valence-electron chi connectivity index (χ4n) is 2.68. The Labute approximate surface area is 135 Å². The molecule has 0 aliphatic heterocycles. The second kappa shape index (κ2) is 7.74. The number of hydrogen-bond acceptors (Lipinski definition) is 2. The molecule has 1 fully saturated rings. The first-order chi connectivity index (χ1) is 9.58. The molecule has 0 amide bonds. The zero-order valence-electron chi connectivity index (χ0n) is 11.6. The van der Waals surface area contributed by atoms with Crippen molar-refractivity contribution in [1.82, 2.24) is 5.32 Å². The third-order valence-corrected chi connectivity index (χ3v) is 4.61. The summed E-state index contributed by atoms with van der Waals surface area (Å²) in [5.74, 6) is 1.25. The number of ether oxygens (including phenoxy) is 1. The van der Waals surface area contributed by atoms with E-state index >= 15 is 0 Å². The number of hydrogen-bond donors (Lipinski definition) is 1. The molecule has 0 aromatic heterocycles. The van der Waals surface area contributed by atoms with E-state index in [9.17, 15) is 0 Å². The van der Waals surface area contributed by atoms with Crippen LogP contribution in [0.2, 0.25) is 15.1 Å². The summed E-state index contributed by atoms with van der Waals surface area (Å²) in [7, 11) is 0. The fraction of sp³-hybridized carbons (Fsp3) is 0.600. The van der Waals surface area contributed by atoms with Gasteiger partial charge in [-0.05, 0) is 30.9 Å². The normalized spacial score (nSPS) is 22.8. The molecule has 0 spiro atoms. The largest absolute Gasteiger partial charge is 0.489 e. The highest BCUT2D eigenvalue weighted by Gasteiger charge is 2.20. The second-order valence-electron chi connectivity index (χ2n) is 5.37. The Bertz CT molecular complexity index is 430. The van der Waals surface area contributed by atoms with Crippen molar-refractivity contribution >= 4 is 34.8 Å². The van der Waals surface area contributed by atoms with Crippen LogP contribution in [0.5, 0.6) is 5.75 Å². The molecule has 0 saturated heterocycles. The van der Waals surface area contributed by atoms with Crippen LogP contribution >= 0.6 is 34.8 Å². The van der Waals surface area contributed by atoms with Crippen LogP contribution < -0.4 is 10.1 Å². The summed E-state index contributed by atoms with van der Waals surface area (Å²) in [6, 6.07) is 3.88. The minimum Gasteiger partial charge on any atom is -0.489 e. The van der Waals surface area contributed by atoms with Gasteiger partial charge in [-0.15, -0.1) is 0 Å². The Kier molecular flexibility index (Phi) is 6.28. The summed E-state index contributed by atoms with van der Waals surface area (Å²) in [6.45, 7) is 3.65. The van der Waals surface area contributed by atoms with E-state index in [1.807, 2.05) is 0 Å². The van der Waals surface area contributed by atoms with Gasteiger partial charge in [0.15, 0.2) is 5.75 Å². The molecule has 112 valence electrons. The van der Waals surface area contributed by atoms with Crippen molar-refractivity contribution in [2.24, 2.45) is 5.92 Å². The predicted molar refractivity (Wildman–Crippen MR) is 86.4 cm³/mol. The van der Waals surface area contributed by atoms with E-state index in [0.717, 1.165) is 12.5 Å². The molecule has 1 aliphatic carbocycles. The van der Waals surface area contributed by atoms with Crippen molar-refractivity contribution < 1.29 is 4.74 Å². The Morgan fingerprint density at radius 1 is 1.15 bits per heavy atom. The Morgan fingerprint density at radius 3 is 2.45 bits per heavy atom. The number of nitrogens with one attached hydrogen (secondary N) is 1. The average molecular weight is 337 g/mol. The highest BCUT2D eigenvalue weighted by atomic mass is 35.5. The third-order valence-electron chi connectivity index (χ3n) is 3.83. The van der Waals surface area contributed by atoms with E-state index in [2.05, 4.69) is 12.2 Å². The SMILES string of the molecule is CC1CCCCC1NCCOc1c(Cl)cc(Cl)cc1Cl. The maximum Gasteiger partial charge on any atom is 0.156 e. The highest BCUT2D eigenvalue weighted by Crippen LogP contribution is 2.35. The van der Waals surface area contributed by atoms with Gasteiger partial charge in [-0.2, -0.15) is 0 Å². The molecule has 1 saturated carbocycles. The maximum absolute atomic E-state index is 6.07. The van der Waals surface area contributed by atoms with Crippen molar-refractivity contribution in [2.75, 3.05) is 13.2 Å². The topological polar surface area (TPSA) is 21.3 Å². The number of rotatable bonds is 5. The lowest BCUT2D eigenvalue weighted by atomic mass is 9.86. The molecule has 1 aromatic carbocycles. The zero-order valence-corrected chi connectivity index (χ0v) is 13.9. The maximum atomic E-state index is 6.07. The molecule has 2 unspecified atom stereocenters. The van der Waals surface area contributed by atoms with Gasteiger partial charge in [0.25, 0.3) is 0 Å². The smallest absolute Gasteiger partial charge is 0.156 e. The molecule has 1 N–H and O–H groups in total. The Hall–Kier alpha value is -0.150. The van der Waals surface area contributed by atoms with Gasteiger partial charge in [-0.1, -0.05) is 54.6 Å². The molecule has 1 aromatic rings. The molecule has 0 heterocycles. The zero-order chi connectivity index (χ0) is 14.5. The van der Waals surface area contributed by atoms with Gasteiger partial charge >= 0.3 is 0 Å². The Morgan fingerprint density at radius 2 is 1.80 bits per heavy atom. The molecule has 20 heavy (non-hydrogen) atoms. The molecular weight excluding hydrogens is 317 g/mol. The number of benzene rings is 1. The van der Waals surface area contributed by atoms with Crippen molar-refractivity contribution in [3.63, 3.8) is 0 Å². The quantitative estimate of drug-likeness (QED) is 0.747. The van der Waals surface area contributed by atoms with Crippen LogP contribution in [0.3, 0.4) is 0 Å². The van der Waals surface area contributed by atoms with Crippen molar-refractivity contribution in [1.29, 1.82) is 0 Å². The third kappa shape index (κ3) is 4.42. The monoisotopic (exact) mass is 335 g/mol. The van der Waals surface area contributed by atoms with E-state index < -0.39 is 0 Å². The van der Waals surface area contributed by atoms with Crippen molar-refractivity contribution in [3.05, 3.63) is 27.2 Å². The van der Waals surface area contributed by atoms with E-state index in [-0.39, 0.29) is 0 Å². The summed E-state index contributed by atoms with van der Waals surface area (Å²) >= 11 is 18.0. The lowest BCUT2D eigenvalue weighted by molar-refractivity contribution is 0.251. The molecule has 0 radical (unpaired) electrons. The molecule has 1 aliphatic rings. The first-order valence-electron chi connectivity index (χ1n) is 7.08. The predicted octanol–water partition coefficient (Wildman–Crippen LogP) is 5.19. The lowest BCUT2D eigenvalue weighted by Gasteiger charge is -2.29. The highest BCUT2D eigenvalue weighted by molar-refractivity contribution is 6.40. The Balaban J connectivity index is 1.78. The van der Waals surface area contributed by atoms with E-state index in [0.29, 0.717) is 33.5 Å². The van der Waals surface area contributed by atoms with Crippen LogP contribution in [0, 0.1) is 5.92 Å². The van der Waals surface area contributed by atoms with Crippen LogP contribution in [-0.4, -0.2) is 19.2 Å². The average Bonchev–Trinajstić information content (AvgIpc) is 2.38. The molecule has 0 bridgehead atoms. The van der Waals surface area contributed by atoms with E-state index in [1.54, 1.807) is 12.1 Å². The van der Waals surface area contributed by atoms with Gasteiger partial charge in [-0.3, -0.25) is 0 Å². The van der Waals surface area contributed by atoms with Crippen LogP contribution in [0.25, 0.3) is 0 Å². The van der Waals surface area contributed by atoms with Crippen molar-refractivity contribution in [3.8, 4) is 5.75 Å². The van der Waals surface area contributed by atoms with Gasteiger partial charge in [0.1, 0.15) is 6.61 Å². The molecule has 2 rings (SSSR count). The van der Waals surface area contributed by atoms with Crippen LogP contribution in [0.1, 0.15) is 32.6 Å². The van der Waals surface area contributed by atoms with Gasteiger partial charge in [0.05, 0.1) is 10.0 Å². The van der Waals surface area contributed by atoms with Crippen LogP contribution in [-0.2, 0) is 0 Å². The molecule has 2 nitrogen and oxygen atoms in total. The summed E-state index contributed by atoms with van der Waals surface area (Å²) in [4.78, 5) is 0. The first-order valence-corrected chi connectivity index (χ1v) is 8.22. The standard InChI is InChI=1S/C15H20Cl3NO/c1-10-4-2-3-5-14(10)19-6-7-20-15-12(17)8-11(16)9-13(15)18/h8-10,14,19H,2-7H2,1H3. The summed E-state index contributed by atoms with van der Waals surface area (Å²) in [5.41, 5.74) is 0. The first kappa shape index (κ1) is 16.2. The van der Waals surface area contributed by atoms with Gasteiger partial charge in [0.2, 0.25) is 0 Å². The summed E-state index contributed by atoms with van der Waals surface area (Å²) in [6.07, 6.45) is 5.24. The lowest BCUT2D eigenvalue weighted by Crippen LogP contribution is -2.39. The molecular formula is C15H20Cl3NO. The summed E-state index contributed by atoms with van der Waals surface area (Å²) < 4.78 is 5.66. The van der Waals surface area contributed by atoms with E-state index in [4.69, 9.17) is 39.5 Å². The van der Waals surface area contributed by atoms with Crippen LogP contribution in [0.15, 0.2) is 12.1 Å². The van der Waals surface area contributed by atoms with Gasteiger partial charge < -0.3 is 10.1 Å². The molecule has 2 atom stereocenters.